The zero-order valence-corrected chi connectivity index (χ0v) is 11.4. The van der Waals surface area contributed by atoms with E-state index in [9.17, 15) is 9.90 Å². The molecule has 0 aliphatic rings. The third-order valence-corrected chi connectivity index (χ3v) is 3.33. The Balaban J connectivity index is 2.95. The number of aromatic hydroxyl groups is 1. The van der Waals surface area contributed by atoms with E-state index in [2.05, 4.69) is 0 Å². The molecule has 1 radical (unpaired) electrons. The fourth-order valence-corrected chi connectivity index (χ4v) is 2.93. The van der Waals surface area contributed by atoms with Crippen LogP contribution in [0.3, 0.4) is 0 Å². The second kappa shape index (κ2) is 5.26. The van der Waals surface area contributed by atoms with Gasteiger partial charge in [-0.3, -0.25) is 4.79 Å². The first kappa shape index (κ1) is 12.2. The van der Waals surface area contributed by atoms with E-state index in [0.29, 0.717) is 6.42 Å². The maximum atomic E-state index is 10.2. The minimum atomic E-state index is -0.592. The van der Waals surface area contributed by atoms with Gasteiger partial charge in [0.05, 0.1) is 13.2 Å². The molecule has 1 rings (SSSR count). The molecule has 0 spiro atoms. The van der Waals surface area contributed by atoms with E-state index in [1.165, 1.54) is 0 Å². The Bertz CT molecular complexity index is 332. The van der Waals surface area contributed by atoms with Crippen molar-refractivity contribution in [2.45, 2.75) is 12.5 Å². The molecule has 3 N–H and O–H groups in total. The fraction of sp³-hybridized carbons (Fsp3) is 0.222. The van der Waals surface area contributed by atoms with E-state index < -0.39 is 6.04 Å². The van der Waals surface area contributed by atoms with Crippen LogP contribution in [0.1, 0.15) is 5.56 Å². The van der Waals surface area contributed by atoms with Gasteiger partial charge in [0.15, 0.2) is 0 Å². The highest BCUT2D eigenvalue weighted by Gasteiger charge is 2.08. The Morgan fingerprint density at radius 3 is 2.36 bits per heavy atom. The van der Waals surface area contributed by atoms with Crippen LogP contribution in [0.15, 0.2) is 12.1 Å². The van der Waals surface area contributed by atoms with Crippen LogP contribution < -0.4 is 5.73 Å². The molecule has 14 heavy (non-hydrogen) atoms. The number of halogens is 2. The largest absolute Gasteiger partial charge is 0.506 e. The predicted octanol–water partition coefficient (Wildman–Crippen LogP) is 1.58. The van der Waals surface area contributed by atoms with Crippen molar-refractivity contribution in [3.63, 3.8) is 0 Å². The molecular formula is C9H8I2NO2. The van der Waals surface area contributed by atoms with E-state index in [1.54, 1.807) is 6.29 Å². The van der Waals surface area contributed by atoms with Crippen molar-refractivity contribution in [2.24, 2.45) is 5.73 Å². The van der Waals surface area contributed by atoms with Gasteiger partial charge in [0, 0.05) is 0 Å². The molecule has 0 aliphatic heterocycles. The summed E-state index contributed by atoms with van der Waals surface area (Å²) in [4.78, 5) is 10.2. The van der Waals surface area contributed by atoms with Crippen LogP contribution in [0.5, 0.6) is 5.75 Å². The summed E-state index contributed by atoms with van der Waals surface area (Å²) in [6.07, 6.45) is 2.18. The number of nitrogens with two attached hydrogens (primary N) is 1. The van der Waals surface area contributed by atoms with Crippen molar-refractivity contribution < 1.29 is 9.90 Å². The molecule has 1 atom stereocenters. The summed E-state index contributed by atoms with van der Waals surface area (Å²) >= 11 is 4.08. The lowest BCUT2D eigenvalue weighted by Crippen LogP contribution is -2.24. The van der Waals surface area contributed by atoms with Crippen LogP contribution in [0.25, 0.3) is 0 Å². The lowest BCUT2D eigenvalue weighted by atomic mass is 10.1. The second-order valence-corrected chi connectivity index (χ2v) is 5.16. The van der Waals surface area contributed by atoms with Gasteiger partial charge in [-0.05, 0) is 69.3 Å². The lowest BCUT2D eigenvalue weighted by Gasteiger charge is -2.07. The summed E-state index contributed by atoms with van der Waals surface area (Å²) in [5, 5.41) is 9.50. The van der Waals surface area contributed by atoms with Crippen molar-refractivity contribution in [3.8, 4) is 5.75 Å². The first-order valence-corrected chi connectivity index (χ1v) is 6.00. The number of phenolic OH excluding ortho intramolecular Hbond substituents is 1. The first-order chi connectivity index (χ1) is 6.54. The maximum absolute atomic E-state index is 10.2. The minimum Gasteiger partial charge on any atom is -0.506 e. The van der Waals surface area contributed by atoms with Crippen LogP contribution in [0.2, 0.25) is 0 Å². The number of carbonyl (C=O) groups excluding carboxylic acids is 1. The van der Waals surface area contributed by atoms with Crippen LogP contribution in [0, 0.1) is 7.14 Å². The van der Waals surface area contributed by atoms with Gasteiger partial charge in [-0.25, -0.2) is 0 Å². The highest BCUT2D eigenvalue weighted by Crippen LogP contribution is 2.27. The Morgan fingerprint density at radius 1 is 1.43 bits per heavy atom. The number of benzene rings is 1. The quantitative estimate of drug-likeness (QED) is 0.737. The van der Waals surface area contributed by atoms with E-state index in [1.807, 2.05) is 57.3 Å². The summed E-state index contributed by atoms with van der Waals surface area (Å²) in [7, 11) is 0. The third kappa shape index (κ3) is 3.06. The average Bonchev–Trinajstić information content (AvgIpc) is 2.14. The second-order valence-electron chi connectivity index (χ2n) is 2.84. The molecule has 0 aliphatic carbocycles. The number of phenols is 1. The molecule has 0 saturated heterocycles. The minimum absolute atomic E-state index is 0.276. The zero-order valence-electron chi connectivity index (χ0n) is 7.13. The van der Waals surface area contributed by atoms with Gasteiger partial charge in [0.1, 0.15) is 5.75 Å². The standard InChI is InChI=1S/C9H8I2NO2/c10-7-2-5(1-6(12)4-13)3-8(11)9(7)14/h2-3,6,14H,1,12H2. The Morgan fingerprint density at radius 2 is 1.93 bits per heavy atom. The van der Waals surface area contributed by atoms with Gasteiger partial charge in [-0.15, -0.1) is 0 Å². The Kier molecular flexibility index (Phi) is 4.58. The fourth-order valence-electron chi connectivity index (χ4n) is 1.03. The molecular weight excluding hydrogens is 408 g/mol. The van der Waals surface area contributed by atoms with Crippen LogP contribution in [0.4, 0.5) is 0 Å². The summed E-state index contributed by atoms with van der Waals surface area (Å²) in [6.45, 7) is 0. The molecule has 0 saturated carbocycles. The molecule has 1 aromatic rings. The highest BCUT2D eigenvalue weighted by molar-refractivity contribution is 14.1. The van der Waals surface area contributed by atoms with E-state index in [-0.39, 0.29) is 5.75 Å². The summed E-state index contributed by atoms with van der Waals surface area (Å²) in [5.74, 6) is 0.276. The normalized spacial score (nSPS) is 12.5. The van der Waals surface area contributed by atoms with E-state index >= 15 is 0 Å². The van der Waals surface area contributed by atoms with Gasteiger partial charge in [-0.2, -0.15) is 0 Å². The molecule has 0 bridgehead atoms. The third-order valence-electron chi connectivity index (χ3n) is 1.68. The van der Waals surface area contributed by atoms with Gasteiger partial charge >= 0.3 is 0 Å². The van der Waals surface area contributed by atoms with E-state index in [4.69, 9.17) is 5.73 Å². The number of hydrogen-bond acceptors (Lipinski definition) is 3. The van der Waals surface area contributed by atoms with Gasteiger partial charge in [-0.1, -0.05) is 0 Å². The molecule has 1 unspecified atom stereocenters. The molecule has 0 heterocycles. The molecule has 75 valence electrons. The van der Waals surface area contributed by atoms with Crippen molar-refractivity contribution in [1.82, 2.24) is 0 Å². The van der Waals surface area contributed by atoms with Gasteiger partial charge in [0.2, 0.25) is 6.29 Å². The molecule has 0 aromatic heterocycles. The molecule has 0 amide bonds. The number of rotatable bonds is 3. The smallest absolute Gasteiger partial charge is 0.217 e. The SMILES string of the molecule is NC([C]=O)Cc1cc(I)c(O)c(I)c1. The Hall–Kier alpha value is 0.110. The first-order valence-electron chi connectivity index (χ1n) is 3.84. The lowest BCUT2D eigenvalue weighted by molar-refractivity contribution is 0.467. The van der Waals surface area contributed by atoms with Crippen LogP contribution in [-0.4, -0.2) is 17.4 Å². The van der Waals surface area contributed by atoms with Crippen molar-refractivity contribution >= 4 is 51.5 Å². The van der Waals surface area contributed by atoms with Crippen LogP contribution >= 0.6 is 45.2 Å². The van der Waals surface area contributed by atoms with Crippen molar-refractivity contribution in [2.75, 3.05) is 0 Å². The highest BCUT2D eigenvalue weighted by atomic mass is 127. The van der Waals surface area contributed by atoms with Crippen LogP contribution in [-0.2, 0) is 11.2 Å². The van der Waals surface area contributed by atoms with Crippen molar-refractivity contribution in [3.05, 3.63) is 24.8 Å². The topological polar surface area (TPSA) is 63.3 Å². The predicted molar refractivity (Wildman–Crippen MR) is 70.9 cm³/mol. The molecule has 1 aromatic carbocycles. The average molecular weight is 416 g/mol. The van der Waals surface area contributed by atoms with E-state index in [0.717, 1.165) is 12.7 Å². The summed E-state index contributed by atoms with van der Waals surface area (Å²) in [5.41, 5.74) is 6.39. The molecule has 5 heteroatoms. The monoisotopic (exact) mass is 416 g/mol. The van der Waals surface area contributed by atoms with Gasteiger partial charge < -0.3 is 10.8 Å². The van der Waals surface area contributed by atoms with Gasteiger partial charge in [0.25, 0.3) is 0 Å². The maximum Gasteiger partial charge on any atom is 0.217 e. The molecule has 3 nitrogen and oxygen atoms in total. The number of hydrogen-bond donors (Lipinski definition) is 2. The summed E-state index contributed by atoms with van der Waals surface area (Å²) in [6, 6.07) is 3.04. The molecule has 0 fully saturated rings. The zero-order chi connectivity index (χ0) is 10.7. The Labute approximate surface area is 109 Å². The summed E-state index contributed by atoms with van der Waals surface area (Å²) < 4.78 is 1.53. The van der Waals surface area contributed by atoms with Crippen molar-refractivity contribution in [1.29, 1.82) is 0 Å².